The van der Waals surface area contributed by atoms with Crippen LogP contribution in [0.3, 0.4) is 0 Å². The van der Waals surface area contributed by atoms with Crippen LogP contribution >= 0.6 is 11.3 Å². The third kappa shape index (κ3) is 4.16. The van der Waals surface area contributed by atoms with Crippen LogP contribution in [0.15, 0.2) is 42.5 Å². The number of anilines is 1. The first-order valence-corrected chi connectivity index (χ1v) is 10.9. The van der Waals surface area contributed by atoms with Crippen molar-refractivity contribution >= 4 is 49.3 Å². The summed E-state index contributed by atoms with van der Waals surface area (Å²) in [6.45, 7) is 2.14. The van der Waals surface area contributed by atoms with Gasteiger partial charge in [-0.1, -0.05) is 29.5 Å². The van der Waals surface area contributed by atoms with E-state index in [9.17, 15) is 22.8 Å². The Bertz CT molecular complexity index is 1390. The number of amides is 1. The van der Waals surface area contributed by atoms with Crippen LogP contribution < -0.4 is 15.4 Å². The summed E-state index contributed by atoms with van der Waals surface area (Å²) in [6, 6.07) is 11.1. The molecule has 0 spiro atoms. The van der Waals surface area contributed by atoms with E-state index in [1.54, 1.807) is 0 Å². The van der Waals surface area contributed by atoms with Gasteiger partial charge in [0.05, 0.1) is 15.8 Å². The Morgan fingerprint density at radius 1 is 1.15 bits per heavy atom. The standard InChI is InChI=1S/C22H17F3N4O3S/c23-22(24,25)32-12-5-6-14-17(11-12)33-21(27-14)28-20(31)19(30)18-13-3-1-2-4-15(13)29-10-9-26-8-7-16(18)29/h1-6,11,26H,7-10H2,(H,27,28,31). The number of fused-ring (bicyclic) bond motifs is 4. The third-order valence-electron chi connectivity index (χ3n) is 5.38. The predicted molar refractivity (Wildman–Crippen MR) is 118 cm³/mol. The zero-order valence-corrected chi connectivity index (χ0v) is 17.8. The smallest absolute Gasteiger partial charge is 0.406 e. The molecule has 2 N–H and O–H groups in total. The fraction of sp³-hybridized carbons (Fsp3) is 0.227. The van der Waals surface area contributed by atoms with Gasteiger partial charge in [0.1, 0.15) is 5.75 Å². The van der Waals surface area contributed by atoms with Crippen molar-refractivity contribution in [1.82, 2.24) is 14.9 Å². The lowest BCUT2D eigenvalue weighted by Gasteiger charge is -2.07. The van der Waals surface area contributed by atoms with Gasteiger partial charge in [0.25, 0.3) is 11.7 Å². The highest BCUT2D eigenvalue weighted by atomic mass is 32.1. The third-order valence-corrected chi connectivity index (χ3v) is 6.31. The van der Waals surface area contributed by atoms with E-state index < -0.39 is 18.1 Å². The van der Waals surface area contributed by atoms with E-state index in [0.717, 1.165) is 35.2 Å². The molecule has 4 aromatic rings. The molecule has 0 saturated carbocycles. The second-order valence-electron chi connectivity index (χ2n) is 7.47. The van der Waals surface area contributed by atoms with Crippen molar-refractivity contribution in [3.8, 4) is 5.75 Å². The second-order valence-corrected chi connectivity index (χ2v) is 8.50. The van der Waals surface area contributed by atoms with Crippen LogP contribution in [0.1, 0.15) is 16.1 Å². The van der Waals surface area contributed by atoms with E-state index in [-0.39, 0.29) is 10.9 Å². The van der Waals surface area contributed by atoms with Crippen LogP contribution in [0, 0.1) is 0 Å². The summed E-state index contributed by atoms with van der Waals surface area (Å²) < 4.78 is 43.8. The molecule has 2 aromatic heterocycles. The number of para-hydroxylation sites is 1. The number of hydrogen-bond donors (Lipinski definition) is 2. The first-order chi connectivity index (χ1) is 15.8. The van der Waals surface area contributed by atoms with Gasteiger partial charge in [0.15, 0.2) is 5.13 Å². The Kier molecular flexibility index (Phi) is 5.29. The van der Waals surface area contributed by atoms with Crippen molar-refractivity contribution < 1.29 is 27.5 Å². The number of alkyl halides is 3. The maximum absolute atomic E-state index is 13.2. The summed E-state index contributed by atoms with van der Waals surface area (Å²) in [6.07, 6.45) is -4.21. The minimum absolute atomic E-state index is 0.115. The maximum atomic E-state index is 13.2. The van der Waals surface area contributed by atoms with Crippen molar-refractivity contribution in [1.29, 1.82) is 0 Å². The van der Waals surface area contributed by atoms with Gasteiger partial charge < -0.3 is 14.6 Å². The number of thiazole rings is 1. The maximum Gasteiger partial charge on any atom is 0.573 e. The van der Waals surface area contributed by atoms with Crippen LogP contribution in [0.5, 0.6) is 5.75 Å². The number of Topliss-reactive ketones (excluding diaryl/α,β-unsaturated/α-hetero) is 1. The number of benzene rings is 2. The fourth-order valence-corrected chi connectivity index (χ4v) is 4.96. The minimum Gasteiger partial charge on any atom is -0.406 e. The molecule has 0 fully saturated rings. The largest absolute Gasteiger partial charge is 0.573 e. The Hall–Kier alpha value is -3.44. The molecule has 1 aliphatic rings. The molecular weight excluding hydrogens is 457 g/mol. The molecule has 3 heterocycles. The first-order valence-electron chi connectivity index (χ1n) is 10.1. The highest BCUT2D eigenvalue weighted by molar-refractivity contribution is 7.22. The van der Waals surface area contributed by atoms with Crippen molar-refractivity contribution in [2.45, 2.75) is 19.3 Å². The zero-order chi connectivity index (χ0) is 23.2. The summed E-state index contributed by atoms with van der Waals surface area (Å²) in [4.78, 5) is 30.3. The van der Waals surface area contributed by atoms with Crippen molar-refractivity contribution in [2.24, 2.45) is 0 Å². The Morgan fingerprint density at radius 3 is 2.79 bits per heavy atom. The quantitative estimate of drug-likeness (QED) is 0.343. The average Bonchev–Trinajstić information content (AvgIpc) is 3.19. The number of nitrogens with one attached hydrogen (secondary N) is 2. The second kappa shape index (κ2) is 8.16. The van der Waals surface area contributed by atoms with Crippen LogP contribution in [0.25, 0.3) is 21.1 Å². The number of aromatic nitrogens is 2. The number of halogens is 3. The molecule has 11 heteroatoms. The molecule has 0 unspecified atom stereocenters. The molecule has 7 nitrogen and oxygen atoms in total. The van der Waals surface area contributed by atoms with Crippen molar-refractivity contribution in [3.63, 3.8) is 0 Å². The molecule has 0 aliphatic carbocycles. The number of hydrogen-bond acceptors (Lipinski definition) is 6. The summed E-state index contributed by atoms with van der Waals surface area (Å²) in [5.74, 6) is -1.91. The molecule has 0 bridgehead atoms. The van der Waals surface area contributed by atoms with Gasteiger partial charge in [-0.05, 0) is 18.2 Å². The number of nitrogens with zero attached hydrogens (tertiary/aromatic N) is 2. The Morgan fingerprint density at radius 2 is 1.97 bits per heavy atom. The molecule has 1 aliphatic heterocycles. The lowest BCUT2D eigenvalue weighted by Crippen LogP contribution is -2.24. The van der Waals surface area contributed by atoms with Gasteiger partial charge >= 0.3 is 6.36 Å². The highest BCUT2D eigenvalue weighted by Crippen LogP contribution is 2.32. The number of carbonyl (C=O) groups is 2. The molecular formula is C22H17F3N4O3S. The van der Waals surface area contributed by atoms with Gasteiger partial charge in [-0.25, -0.2) is 4.98 Å². The summed E-state index contributed by atoms with van der Waals surface area (Å²) in [5, 5.41) is 6.63. The lowest BCUT2D eigenvalue weighted by molar-refractivity contribution is -0.274. The molecule has 0 radical (unpaired) electrons. The van der Waals surface area contributed by atoms with Crippen LogP contribution in [0.2, 0.25) is 0 Å². The topological polar surface area (TPSA) is 85.2 Å². The van der Waals surface area contributed by atoms with Crippen LogP contribution in [-0.4, -0.2) is 40.7 Å². The molecule has 170 valence electrons. The molecule has 2 aromatic carbocycles. The lowest BCUT2D eigenvalue weighted by atomic mass is 10.0. The number of ketones is 1. The fourth-order valence-electron chi connectivity index (χ4n) is 4.07. The van der Waals surface area contributed by atoms with Crippen molar-refractivity contribution in [3.05, 3.63) is 53.7 Å². The Balaban J connectivity index is 1.44. The summed E-state index contributed by atoms with van der Waals surface area (Å²) in [7, 11) is 0. The predicted octanol–water partition coefficient (Wildman–Crippen LogP) is 4.12. The monoisotopic (exact) mass is 474 g/mol. The number of carbonyl (C=O) groups excluding carboxylic acids is 2. The molecule has 0 saturated heterocycles. The molecule has 33 heavy (non-hydrogen) atoms. The minimum atomic E-state index is -4.81. The Labute approximate surface area is 189 Å². The molecule has 0 atom stereocenters. The highest BCUT2D eigenvalue weighted by Gasteiger charge is 2.31. The van der Waals surface area contributed by atoms with Crippen molar-refractivity contribution in [2.75, 3.05) is 18.4 Å². The van der Waals surface area contributed by atoms with E-state index in [1.165, 1.54) is 12.1 Å². The van der Waals surface area contributed by atoms with Gasteiger partial charge in [-0.3, -0.25) is 14.9 Å². The number of rotatable bonds is 4. The van der Waals surface area contributed by atoms with E-state index in [0.29, 0.717) is 40.7 Å². The normalized spacial score (nSPS) is 14.2. The zero-order valence-electron chi connectivity index (χ0n) is 17.0. The molecule has 5 rings (SSSR count). The SMILES string of the molecule is O=C(Nc1nc2ccc(OC(F)(F)F)cc2s1)C(=O)c1c2n(c3ccccc13)CCNCC2. The van der Waals surface area contributed by atoms with Crippen LogP contribution in [-0.2, 0) is 17.8 Å². The van der Waals surface area contributed by atoms with E-state index in [2.05, 4.69) is 24.9 Å². The van der Waals surface area contributed by atoms with Gasteiger partial charge in [-0.2, -0.15) is 0 Å². The van der Waals surface area contributed by atoms with E-state index in [1.807, 2.05) is 24.3 Å². The molecule has 1 amide bonds. The average molecular weight is 474 g/mol. The van der Waals surface area contributed by atoms with Gasteiger partial charge in [0.2, 0.25) is 0 Å². The number of ether oxygens (including phenoxy) is 1. The van der Waals surface area contributed by atoms with E-state index in [4.69, 9.17) is 0 Å². The van der Waals surface area contributed by atoms with Gasteiger partial charge in [-0.15, -0.1) is 13.2 Å². The van der Waals surface area contributed by atoms with Gasteiger partial charge in [0, 0.05) is 48.7 Å². The van der Waals surface area contributed by atoms with E-state index >= 15 is 0 Å². The summed E-state index contributed by atoms with van der Waals surface area (Å²) >= 11 is 0.958. The first kappa shape index (κ1) is 21.4. The summed E-state index contributed by atoms with van der Waals surface area (Å²) in [5.41, 5.74) is 2.45. The van der Waals surface area contributed by atoms with Crippen LogP contribution in [0.4, 0.5) is 18.3 Å².